The Labute approximate surface area is 228 Å². The fraction of sp³-hybridized carbons (Fsp3) is 0.200. The van der Waals surface area contributed by atoms with E-state index in [9.17, 15) is 14.7 Å². The van der Waals surface area contributed by atoms with Crippen LogP contribution in [-0.4, -0.2) is 42.0 Å². The van der Waals surface area contributed by atoms with Gasteiger partial charge < -0.3 is 23.9 Å². The van der Waals surface area contributed by atoms with Crippen LogP contribution >= 0.6 is 15.9 Å². The zero-order valence-corrected chi connectivity index (χ0v) is 22.5. The highest BCUT2D eigenvalue weighted by Gasteiger charge is 2.44. The van der Waals surface area contributed by atoms with E-state index in [2.05, 4.69) is 15.9 Å². The molecule has 4 aromatic rings. The average Bonchev–Trinajstić information content (AvgIpc) is 3.45. The minimum absolute atomic E-state index is 0.0396. The average molecular weight is 576 g/mol. The summed E-state index contributed by atoms with van der Waals surface area (Å²) in [7, 11) is 1.53. The van der Waals surface area contributed by atoms with E-state index in [1.807, 2.05) is 49.4 Å². The number of amides is 1. The summed E-state index contributed by atoms with van der Waals surface area (Å²) >= 11 is 3.42. The number of benzene rings is 3. The highest BCUT2D eigenvalue weighted by atomic mass is 79.9. The van der Waals surface area contributed by atoms with Crippen LogP contribution in [-0.2, 0) is 16.1 Å². The van der Waals surface area contributed by atoms with Gasteiger partial charge >= 0.3 is 0 Å². The van der Waals surface area contributed by atoms with Gasteiger partial charge in [0.15, 0.2) is 11.5 Å². The molecule has 0 spiro atoms. The van der Waals surface area contributed by atoms with E-state index in [1.54, 1.807) is 30.3 Å². The molecule has 3 aromatic carbocycles. The van der Waals surface area contributed by atoms with Crippen LogP contribution in [0.3, 0.4) is 0 Å². The number of aliphatic hydroxyl groups excluding tert-OH is 1. The zero-order valence-electron chi connectivity index (χ0n) is 20.9. The number of fused-ring (bicyclic) bond motifs is 1. The number of nitrogens with zero attached hydrogens (tertiary/aromatic N) is 1. The number of furan rings is 1. The number of Topliss-reactive ketones (excluding diaryl/α,β-unsaturated/α-hetero) is 1. The number of carbonyl (C=O) groups excluding carboxylic acids is 2. The molecule has 1 amide bonds. The predicted molar refractivity (Wildman–Crippen MR) is 146 cm³/mol. The van der Waals surface area contributed by atoms with Gasteiger partial charge in [0.25, 0.3) is 5.91 Å². The van der Waals surface area contributed by atoms with Crippen LogP contribution in [0.15, 0.2) is 93.0 Å². The van der Waals surface area contributed by atoms with Crippen LogP contribution in [0.4, 0.5) is 0 Å². The molecule has 5 rings (SSSR count). The van der Waals surface area contributed by atoms with Gasteiger partial charge in [0, 0.05) is 23.5 Å². The van der Waals surface area contributed by atoms with Crippen molar-refractivity contribution in [2.75, 3.05) is 20.3 Å². The monoisotopic (exact) mass is 575 g/mol. The molecule has 0 fully saturated rings. The van der Waals surface area contributed by atoms with Gasteiger partial charge in [0.05, 0.1) is 18.2 Å². The van der Waals surface area contributed by atoms with Gasteiger partial charge in [0.1, 0.15) is 17.9 Å². The molecule has 1 unspecified atom stereocenters. The lowest BCUT2D eigenvalue weighted by Crippen LogP contribution is -2.34. The number of hydrogen-bond acceptors (Lipinski definition) is 6. The normalized spacial score (nSPS) is 15.5. The molecule has 1 N–H and O–H groups in total. The highest BCUT2D eigenvalue weighted by Crippen LogP contribution is 2.40. The van der Waals surface area contributed by atoms with Crippen molar-refractivity contribution >= 4 is 38.6 Å². The summed E-state index contributed by atoms with van der Waals surface area (Å²) in [5.41, 5.74) is 3.30. The summed E-state index contributed by atoms with van der Waals surface area (Å²) in [4.78, 5) is 28.3. The maximum Gasteiger partial charge on any atom is 0.290 e. The van der Waals surface area contributed by atoms with Crippen molar-refractivity contribution in [3.8, 4) is 5.75 Å². The van der Waals surface area contributed by atoms with Crippen molar-refractivity contribution in [3.63, 3.8) is 0 Å². The second kappa shape index (κ2) is 10.8. The number of ether oxygens (including phenoxy) is 2. The number of carbonyl (C=O) groups is 2. The Balaban J connectivity index is 1.49. The first-order chi connectivity index (χ1) is 18.4. The van der Waals surface area contributed by atoms with Gasteiger partial charge in [-0.15, -0.1) is 0 Å². The quantitative estimate of drug-likeness (QED) is 0.235. The molecule has 38 heavy (non-hydrogen) atoms. The lowest BCUT2D eigenvalue weighted by Gasteiger charge is -2.26. The highest BCUT2D eigenvalue weighted by molar-refractivity contribution is 9.10. The van der Waals surface area contributed by atoms with E-state index < -0.39 is 23.5 Å². The number of ketones is 1. The molecule has 8 heteroatoms. The molecule has 0 saturated carbocycles. The molecule has 1 aromatic heterocycles. The first kappa shape index (κ1) is 25.8. The van der Waals surface area contributed by atoms with Crippen LogP contribution in [0.2, 0.25) is 0 Å². The fourth-order valence-corrected chi connectivity index (χ4v) is 4.92. The van der Waals surface area contributed by atoms with Crippen LogP contribution in [0, 0.1) is 6.92 Å². The first-order valence-corrected chi connectivity index (χ1v) is 12.9. The molecule has 1 aliphatic rings. The third-order valence-electron chi connectivity index (χ3n) is 6.49. The van der Waals surface area contributed by atoms with E-state index in [-0.39, 0.29) is 24.5 Å². The van der Waals surface area contributed by atoms with E-state index in [0.29, 0.717) is 23.5 Å². The second-order valence-electron chi connectivity index (χ2n) is 9.12. The Morgan fingerprint density at radius 3 is 2.63 bits per heavy atom. The summed E-state index contributed by atoms with van der Waals surface area (Å²) < 4.78 is 17.9. The molecule has 1 atom stereocenters. The van der Waals surface area contributed by atoms with Gasteiger partial charge in [-0.05, 0) is 54.4 Å². The fourth-order valence-electron chi connectivity index (χ4n) is 4.54. The maximum absolute atomic E-state index is 13.7. The number of rotatable bonds is 9. The molecular formula is C30H26BrNO6. The third-order valence-corrected chi connectivity index (χ3v) is 6.98. The van der Waals surface area contributed by atoms with Gasteiger partial charge in [-0.2, -0.15) is 0 Å². The Morgan fingerprint density at radius 1 is 1.08 bits per heavy atom. The van der Waals surface area contributed by atoms with Crippen molar-refractivity contribution < 1.29 is 28.6 Å². The molecule has 2 heterocycles. The predicted octanol–water partition coefficient (Wildman–Crippen LogP) is 6.31. The van der Waals surface area contributed by atoms with E-state index >= 15 is 0 Å². The van der Waals surface area contributed by atoms with Crippen molar-refractivity contribution in [3.05, 3.63) is 111 Å². The summed E-state index contributed by atoms with van der Waals surface area (Å²) in [6, 6.07) is 21.4. The number of methoxy groups -OCH3 is 1. The molecule has 7 nitrogen and oxygen atoms in total. The van der Waals surface area contributed by atoms with Gasteiger partial charge in [-0.25, -0.2) is 0 Å². The van der Waals surface area contributed by atoms with Crippen molar-refractivity contribution in [2.24, 2.45) is 0 Å². The van der Waals surface area contributed by atoms with E-state index in [1.165, 1.54) is 17.6 Å². The van der Waals surface area contributed by atoms with Crippen molar-refractivity contribution in [1.29, 1.82) is 0 Å². The van der Waals surface area contributed by atoms with Crippen LogP contribution < -0.4 is 4.74 Å². The third kappa shape index (κ3) is 5.10. The molecule has 194 valence electrons. The zero-order chi connectivity index (χ0) is 26.8. The van der Waals surface area contributed by atoms with Crippen LogP contribution in [0.5, 0.6) is 5.75 Å². The summed E-state index contributed by atoms with van der Waals surface area (Å²) in [5, 5.41) is 11.6. The minimum Gasteiger partial charge on any atom is -0.503 e. The standard InChI is InChI=1S/C30H26BrNO6/c1-18-6-8-19(9-7-18)17-37-23-5-3-4-20(15-23)27-26(29(34)30(35)32(27)12-13-36-2)28(33)25-16-21-14-22(31)10-11-24(21)38-25/h3-11,14-16,27,34H,12-13,17H2,1-2H3. The summed E-state index contributed by atoms with van der Waals surface area (Å²) in [6.45, 7) is 2.81. The number of hydrogen-bond donors (Lipinski definition) is 1. The van der Waals surface area contributed by atoms with Gasteiger partial charge in [-0.3, -0.25) is 9.59 Å². The molecular weight excluding hydrogens is 550 g/mol. The number of aliphatic hydroxyl groups is 1. The molecule has 0 radical (unpaired) electrons. The number of aryl methyl sites for hydroxylation is 1. The Hall–Kier alpha value is -3.88. The summed E-state index contributed by atoms with van der Waals surface area (Å²) in [6.07, 6.45) is 0. The second-order valence-corrected chi connectivity index (χ2v) is 10.0. The Bertz CT molecular complexity index is 1540. The molecule has 0 saturated heterocycles. The maximum atomic E-state index is 13.7. The van der Waals surface area contributed by atoms with Gasteiger partial charge in [-0.1, -0.05) is 57.9 Å². The molecule has 0 aliphatic carbocycles. The molecule has 1 aliphatic heterocycles. The smallest absolute Gasteiger partial charge is 0.290 e. The first-order valence-electron chi connectivity index (χ1n) is 12.1. The lowest BCUT2D eigenvalue weighted by atomic mass is 9.95. The largest absolute Gasteiger partial charge is 0.503 e. The van der Waals surface area contributed by atoms with E-state index in [4.69, 9.17) is 13.9 Å². The topological polar surface area (TPSA) is 89.2 Å². The van der Waals surface area contributed by atoms with Crippen LogP contribution in [0.1, 0.15) is 33.3 Å². The Kier molecular flexibility index (Phi) is 7.35. The van der Waals surface area contributed by atoms with Crippen LogP contribution in [0.25, 0.3) is 11.0 Å². The Morgan fingerprint density at radius 2 is 1.87 bits per heavy atom. The number of halogens is 1. The lowest BCUT2D eigenvalue weighted by molar-refractivity contribution is -0.130. The van der Waals surface area contributed by atoms with Crippen molar-refractivity contribution in [1.82, 2.24) is 4.90 Å². The SMILES string of the molecule is COCCN1C(=O)C(O)=C(C(=O)c2cc3cc(Br)ccc3o2)C1c1cccc(OCc2ccc(C)cc2)c1. The van der Waals surface area contributed by atoms with E-state index in [0.717, 1.165) is 15.4 Å². The minimum atomic E-state index is -0.840. The van der Waals surface area contributed by atoms with Crippen molar-refractivity contribution in [2.45, 2.75) is 19.6 Å². The van der Waals surface area contributed by atoms with Gasteiger partial charge in [0.2, 0.25) is 5.78 Å². The molecule has 0 bridgehead atoms. The summed E-state index contributed by atoms with van der Waals surface area (Å²) in [5.74, 6) is -1.17.